The molecule has 0 saturated carbocycles. The molecular weight excluding hydrogens is 371 g/mol. The Bertz CT molecular complexity index is 933. The molecule has 1 aromatic heterocycles. The summed E-state index contributed by atoms with van der Waals surface area (Å²) >= 11 is 0. The highest BCUT2D eigenvalue weighted by Gasteiger charge is 2.30. The van der Waals surface area contributed by atoms with Crippen molar-refractivity contribution < 1.29 is 31.1 Å². The van der Waals surface area contributed by atoms with Crippen LogP contribution in [0.1, 0.15) is 17.0 Å². The van der Waals surface area contributed by atoms with Crippen LogP contribution in [0, 0.1) is 0 Å². The van der Waals surface area contributed by atoms with Crippen molar-refractivity contribution in [1.29, 1.82) is 0 Å². The zero-order valence-electron chi connectivity index (χ0n) is 13.5. The molecule has 3 aromatic rings. The molecule has 2 aromatic carbocycles. The number of nitrogens with zero attached hydrogens (tertiary/aromatic N) is 2. The fourth-order valence-corrected chi connectivity index (χ4v) is 2.18. The van der Waals surface area contributed by atoms with Crippen molar-refractivity contribution in [3.05, 3.63) is 65.5 Å². The van der Waals surface area contributed by atoms with Crippen LogP contribution in [-0.4, -0.2) is 16.8 Å². The Morgan fingerprint density at radius 3 is 2.37 bits per heavy atom. The van der Waals surface area contributed by atoms with Gasteiger partial charge in [-0.3, -0.25) is 0 Å². The van der Waals surface area contributed by atoms with Crippen LogP contribution >= 0.6 is 0 Å². The highest BCUT2D eigenvalue weighted by atomic mass is 19.4. The summed E-state index contributed by atoms with van der Waals surface area (Å²) in [4.78, 5) is 0. The summed E-state index contributed by atoms with van der Waals surface area (Å²) in [5, 5.41) is 7.48. The zero-order chi connectivity index (χ0) is 19.4. The van der Waals surface area contributed by atoms with E-state index in [9.17, 15) is 22.0 Å². The second-order valence-corrected chi connectivity index (χ2v) is 5.30. The average molecular weight is 382 g/mol. The van der Waals surface area contributed by atoms with Gasteiger partial charge in [0, 0.05) is 11.6 Å². The maximum Gasteiger partial charge on any atom is 0.416 e. The predicted molar refractivity (Wildman–Crippen MR) is 86.7 cm³/mol. The van der Waals surface area contributed by atoms with Gasteiger partial charge in [0.15, 0.2) is 0 Å². The molecule has 0 bridgehead atoms. The van der Waals surface area contributed by atoms with Gasteiger partial charge in [-0.2, -0.15) is 22.0 Å². The van der Waals surface area contributed by atoms with Crippen molar-refractivity contribution in [2.75, 3.05) is 0 Å². The van der Waals surface area contributed by atoms with Crippen LogP contribution in [0.5, 0.6) is 5.75 Å². The molecule has 0 atom stereocenters. The van der Waals surface area contributed by atoms with Gasteiger partial charge >= 0.3 is 12.8 Å². The van der Waals surface area contributed by atoms with E-state index in [1.165, 1.54) is 42.5 Å². The van der Waals surface area contributed by atoms with Crippen LogP contribution in [0.25, 0.3) is 23.6 Å². The molecule has 4 nitrogen and oxygen atoms in total. The Hall–Kier alpha value is -3.23. The number of hydrogen-bond acceptors (Lipinski definition) is 4. The number of hydrogen-bond donors (Lipinski definition) is 0. The fourth-order valence-electron chi connectivity index (χ4n) is 2.18. The fraction of sp³-hybridized carbons (Fsp3) is 0.111. The average Bonchev–Trinajstić information content (AvgIpc) is 3.09. The highest BCUT2D eigenvalue weighted by molar-refractivity contribution is 5.67. The number of ether oxygens (including phenoxy) is 1. The second kappa shape index (κ2) is 7.56. The molecule has 3 rings (SSSR count). The molecule has 140 valence electrons. The van der Waals surface area contributed by atoms with Crippen LogP contribution < -0.4 is 4.74 Å². The molecule has 0 fully saturated rings. The Morgan fingerprint density at radius 1 is 0.963 bits per heavy atom. The van der Waals surface area contributed by atoms with Crippen molar-refractivity contribution in [2.24, 2.45) is 0 Å². The van der Waals surface area contributed by atoms with E-state index in [0.717, 1.165) is 12.1 Å². The number of aromatic nitrogens is 2. The van der Waals surface area contributed by atoms with Crippen LogP contribution in [-0.2, 0) is 6.18 Å². The lowest BCUT2D eigenvalue weighted by atomic mass is 10.1. The largest absolute Gasteiger partial charge is 0.435 e. The van der Waals surface area contributed by atoms with E-state index in [1.54, 1.807) is 6.08 Å². The van der Waals surface area contributed by atoms with Crippen LogP contribution in [0.2, 0.25) is 0 Å². The minimum absolute atomic E-state index is 0.0202. The monoisotopic (exact) mass is 382 g/mol. The number of alkyl halides is 5. The lowest BCUT2D eigenvalue weighted by Gasteiger charge is -2.06. The molecule has 0 radical (unpaired) electrons. The summed E-state index contributed by atoms with van der Waals surface area (Å²) in [5.41, 5.74) is -0.0256. The quantitative estimate of drug-likeness (QED) is 0.545. The van der Waals surface area contributed by atoms with Gasteiger partial charge in [0.05, 0.1) is 5.56 Å². The normalized spacial score (nSPS) is 12.1. The van der Waals surface area contributed by atoms with Gasteiger partial charge in [-0.15, -0.1) is 10.2 Å². The van der Waals surface area contributed by atoms with Crippen LogP contribution in [0.15, 0.2) is 52.9 Å². The first-order chi connectivity index (χ1) is 12.8. The molecule has 0 aliphatic heterocycles. The Balaban J connectivity index is 1.73. The molecule has 9 heteroatoms. The van der Waals surface area contributed by atoms with Gasteiger partial charge in [-0.1, -0.05) is 18.2 Å². The predicted octanol–water partition coefficient (Wildman–Crippen LogP) is 5.53. The summed E-state index contributed by atoms with van der Waals surface area (Å²) in [6, 6.07) is 10.4. The molecule has 0 aliphatic rings. The minimum atomic E-state index is -4.47. The summed E-state index contributed by atoms with van der Waals surface area (Å²) < 4.78 is 72.1. The Kier molecular flexibility index (Phi) is 5.20. The van der Waals surface area contributed by atoms with E-state index in [-0.39, 0.29) is 23.1 Å². The standard InChI is InChI=1S/C18H11F5N2O2/c19-17(20)26-14-7-4-11(5-8-14)6-9-15-24-25-16(27-15)12-2-1-3-13(10-12)18(21,22)23/h1-10,17H/b9-6-. The molecule has 0 spiro atoms. The van der Waals surface area contributed by atoms with Crippen molar-refractivity contribution in [2.45, 2.75) is 12.8 Å². The van der Waals surface area contributed by atoms with Gasteiger partial charge in [-0.05, 0) is 42.0 Å². The highest BCUT2D eigenvalue weighted by Crippen LogP contribution is 2.31. The third kappa shape index (κ3) is 4.90. The van der Waals surface area contributed by atoms with E-state index in [2.05, 4.69) is 14.9 Å². The molecule has 27 heavy (non-hydrogen) atoms. The van der Waals surface area contributed by atoms with Gasteiger partial charge in [-0.25, -0.2) is 0 Å². The second-order valence-electron chi connectivity index (χ2n) is 5.30. The molecular formula is C18H11F5N2O2. The maximum absolute atomic E-state index is 12.8. The molecule has 0 saturated heterocycles. The van der Waals surface area contributed by atoms with Gasteiger partial charge < -0.3 is 9.15 Å². The first-order valence-electron chi connectivity index (χ1n) is 7.55. The van der Waals surface area contributed by atoms with Gasteiger partial charge in [0.2, 0.25) is 11.8 Å². The Morgan fingerprint density at radius 2 is 1.70 bits per heavy atom. The lowest BCUT2D eigenvalue weighted by molar-refractivity contribution is -0.137. The topological polar surface area (TPSA) is 48.2 Å². The van der Waals surface area contributed by atoms with E-state index in [1.807, 2.05) is 0 Å². The van der Waals surface area contributed by atoms with E-state index >= 15 is 0 Å². The zero-order valence-corrected chi connectivity index (χ0v) is 13.5. The van der Waals surface area contributed by atoms with Crippen molar-refractivity contribution in [3.63, 3.8) is 0 Å². The van der Waals surface area contributed by atoms with E-state index in [4.69, 9.17) is 4.42 Å². The third-order valence-electron chi connectivity index (χ3n) is 3.40. The van der Waals surface area contributed by atoms with E-state index in [0.29, 0.717) is 5.56 Å². The first kappa shape index (κ1) is 18.6. The van der Waals surface area contributed by atoms with Crippen LogP contribution in [0.4, 0.5) is 22.0 Å². The third-order valence-corrected chi connectivity index (χ3v) is 3.40. The maximum atomic E-state index is 12.8. The minimum Gasteiger partial charge on any atom is -0.435 e. The molecule has 0 amide bonds. The van der Waals surface area contributed by atoms with Crippen molar-refractivity contribution in [1.82, 2.24) is 10.2 Å². The molecule has 0 N–H and O–H groups in total. The summed E-state index contributed by atoms with van der Waals surface area (Å²) in [5.74, 6) is 0.0449. The van der Waals surface area contributed by atoms with E-state index < -0.39 is 18.4 Å². The summed E-state index contributed by atoms with van der Waals surface area (Å²) in [6.07, 6.45) is -1.44. The molecule has 1 heterocycles. The molecule has 0 unspecified atom stereocenters. The Labute approximate surface area is 149 Å². The first-order valence-corrected chi connectivity index (χ1v) is 7.55. The van der Waals surface area contributed by atoms with Crippen molar-refractivity contribution >= 4 is 12.2 Å². The van der Waals surface area contributed by atoms with Crippen LogP contribution in [0.3, 0.4) is 0 Å². The summed E-state index contributed by atoms with van der Waals surface area (Å²) in [6.45, 7) is -2.90. The smallest absolute Gasteiger partial charge is 0.416 e. The van der Waals surface area contributed by atoms with Gasteiger partial charge in [0.1, 0.15) is 5.75 Å². The van der Waals surface area contributed by atoms with Gasteiger partial charge in [0.25, 0.3) is 0 Å². The number of halogens is 5. The SMILES string of the molecule is FC(F)Oc1ccc(/C=C\c2nnc(-c3cccc(C(F)(F)F)c3)o2)cc1. The molecule has 0 aliphatic carbocycles. The lowest BCUT2D eigenvalue weighted by Crippen LogP contribution is -2.04. The summed E-state index contributed by atoms with van der Waals surface area (Å²) in [7, 11) is 0. The number of rotatable bonds is 5. The van der Waals surface area contributed by atoms with Crippen molar-refractivity contribution in [3.8, 4) is 17.2 Å². The number of benzene rings is 2.